The van der Waals surface area contributed by atoms with E-state index in [-0.39, 0.29) is 12.5 Å². The zero-order valence-electron chi connectivity index (χ0n) is 11.7. The predicted octanol–water partition coefficient (Wildman–Crippen LogP) is 2.06. The molecular formula is C13H19N5OS. The van der Waals surface area contributed by atoms with Crippen LogP contribution in [0.15, 0.2) is 11.4 Å². The van der Waals surface area contributed by atoms with Gasteiger partial charge in [0.2, 0.25) is 11.9 Å². The number of likely N-dealkylation sites (N-methyl/N-ethyl adjacent to an activating group) is 1. The summed E-state index contributed by atoms with van der Waals surface area (Å²) in [5.74, 6) is 1.25. The van der Waals surface area contributed by atoms with Crippen molar-refractivity contribution in [3.8, 4) is 0 Å². The van der Waals surface area contributed by atoms with E-state index in [2.05, 4.69) is 32.8 Å². The first-order chi connectivity index (χ1) is 9.74. The Labute approximate surface area is 122 Å². The van der Waals surface area contributed by atoms with Gasteiger partial charge in [-0.05, 0) is 24.8 Å². The normalized spacial score (nSPS) is 10.5. The molecule has 2 aromatic rings. The first-order valence-corrected chi connectivity index (χ1v) is 7.62. The molecule has 108 valence electrons. The van der Waals surface area contributed by atoms with Gasteiger partial charge in [-0.1, -0.05) is 6.92 Å². The molecule has 20 heavy (non-hydrogen) atoms. The minimum absolute atomic E-state index is 0.0439. The lowest BCUT2D eigenvalue weighted by Crippen LogP contribution is -2.29. The fourth-order valence-electron chi connectivity index (χ4n) is 1.73. The van der Waals surface area contributed by atoms with Gasteiger partial charge in [-0.25, -0.2) is 4.98 Å². The molecule has 1 amide bonds. The second kappa shape index (κ2) is 7.04. The average molecular weight is 293 g/mol. The zero-order valence-corrected chi connectivity index (χ0v) is 12.5. The summed E-state index contributed by atoms with van der Waals surface area (Å²) in [6.07, 6.45) is 1.01. The summed E-state index contributed by atoms with van der Waals surface area (Å²) < 4.78 is 0. The van der Waals surface area contributed by atoms with Gasteiger partial charge in [0.25, 0.3) is 0 Å². The number of aromatic nitrogens is 2. The van der Waals surface area contributed by atoms with Crippen molar-refractivity contribution in [3.63, 3.8) is 0 Å². The van der Waals surface area contributed by atoms with Gasteiger partial charge in [0.05, 0.1) is 11.9 Å². The van der Waals surface area contributed by atoms with Gasteiger partial charge in [0, 0.05) is 13.1 Å². The van der Waals surface area contributed by atoms with Gasteiger partial charge < -0.3 is 16.0 Å². The number of fused-ring (bicyclic) bond motifs is 1. The van der Waals surface area contributed by atoms with E-state index in [1.807, 2.05) is 18.4 Å². The lowest BCUT2D eigenvalue weighted by atomic mass is 10.3. The molecule has 0 radical (unpaired) electrons. The van der Waals surface area contributed by atoms with Crippen molar-refractivity contribution in [1.29, 1.82) is 0 Å². The van der Waals surface area contributed by atoms with Crippen molar-refractivity contribution in [2.24, 2.45) is 0 Å². The van der Waals surface area contributed by atoms with Gasteiger partial charge in [0.15, 0.2) is 0 Å². The summed E-state index contributed by atoms with van der Waals surface area (Å²) in [5, 5.41) is 11.9. The van der Waals surface area contributed by atoms with E-state index in [1.54, 1.807) is 11.3 Å². The number of anilines is 2. The van der Waals surface area contributed by atoms with Crippen molar-refractivity contribution < 1.29 is 4.79 Å². The highest BCUT2D eigenvalue weighted by Gasteiger charge is 2.09. The first-order valence-electron chi connectivity index (χ1n) is 6.74. The topological polar surface area (TPSA) is 78.9 Å². The highest BCUT2D eigenvalue weighted by Crippen LogP contribution is 2.26. The van der Waals surface area contributed by atoms with Crippen molar-refractivity contribution in [3.05, 3.63) is 11.4 Å². The Morgan fingerprint density at radius 3 is 2.90 bits per heavy atom. The minimum Gasteiger partial charge on any atom is -0.360 e. The molecule has 2 aromatic heterocycles. The molecule has 0 spiro atoms. The summed E-state index contributed by atoms with van der Waals surface area (Å²) in [5.41, 5.74) is 0. The third-order valence-corrected chi connectivity index (χ3v) is 3.46. The summed E-state index contributed by atoms with van der Waals surface area (Å²) in [7, 11) is 0. The quantitative estimate of drug-likeness (QED) is 0.728. The Balaban J connectivity index is 2.16. The highest BCUT2D eigenvalue weighted by atomic mass is 32.1. The molecule has 2 rings (SSSR count). The SMILES string of the molecule is CCCNc1nc(NCC(=O)NCC)c2ccsc2n1. The molecule has 0 fully saturated rings. The van der Waals surface area contributed by atoms with Gasteiger partial charge in [-0.2, -0.15) is 4.98 Å². The van der Waals surface area contributed by atoms with Crippen LogP contribution in [-0.2, 0) is 4.79 Å². The third kappa shape index (κ3) is 3.57. The van der Waals surface area contributed by atoms with E-state index < -0.39 is 0 Å². The predicted molar refractivity (Wildman–Crippen MR) is 83.4 cm³/mol. The Bertz CT molecular complexity index is 583. The number of amides is 1. The minimum atomic E-state index is -0.0439. The fourth-order valence-corrected chi connectivity index (χ4v) is 2.49. The van der Waals surface area contributed by atoms with Crippen LogP contribution >= 0.6 is 11.3 Å². The second-order valence-corrected chi connectivity index (χ2v) is 5.16. The average Bonchev–Trinajstić information content (AvgIpc) is 2.91. The molecule has 0 saturated heterocycles. The third-order valence-electron chi connectivity index (χ3n) is 2.65. The molecule has 0 aliphatic rings. The number of hydrogen-bond donors (Lipinski definition) is 3. The van der Waals surface area contributed by atoms with E-state index in [1.165, 1.54) is 0 Å². The number of thiophene rings is 1. The molecule has 0 aromatic carbocycles. The van der Waals surface area contributed by atoms with Gasteiger partial charge in [-0.3, -0.25) is 4.79 Å². The number of nitrogens with zero attached hydrogens (tertiary/aromatic N) is 2. The Morgan fingerprint density at radius 2 is 2.15 bits per heavy atom. The molecule has 0 unspecified atom stereocenters. The number of nitrogens with one attached hydrogen (secondary N) is 3. The van der Waals surface area contributed by atoms with Crippen LogP contribution in [0.3, 0.4) is 0 Å². The Hall–Kier alpha value is -1.89. The van der Waals surface area contributed by atoms with Crippen molar-refractivity contribution in [2.75, 3.05) is 30.3 Å². The molecule has 0 atom stereocenters. The largest absolute Gasteiger partial charge is 0.360 e. The van der Waals surface area contributed by atoms with Crippen LogP contribution in [-0.4, -0.2) is 35.5 Å². The molecule has 0 bridgehead atoms. The standard InChI is InChI=1S/C13H19N5OS/c1-3-6-15-13-17-11(16-8-10(19)14-4-2)9-5-7-20-12(9)18-13/h5,7H,3-4,6,8H2,1-2H3,(H,14,19)(H2,15,16,17,18). The van der Waals surface area contributed by atoms with E-state index in [0.29, 0.717) is 18.3 Å². The first kappa shape index (κ1) is 14.5. The molecule has 3 N–H and O–H groups in total. The molecule has 0 aliphatic heterocycles. The summed E-state index contributed by atoms with van der Waals surface area (Å²) >= 11 is 1.56. The number of rotatable bonds is 7. The van der Waals surface area contributed by atoms with Crippen molar-refractivity contribution >= 4 is 39.2 Å². The maximum Gasteiger partial charge on any atom is 0.239 e. The van der Waals surface area contributed by atoms with Crippen LogP contribution in [0.2, 0.25) is 0 Å². The summed E-state index contributed by atoms with van der Waals surface area (Å²) in [4.78, 5) is 21.3. The van der Waals surface area contributed by atoms with E-state index in [4.69, 9.17) is 0 Å². The van der Waals surface area contributed by atoms with Crippen LogP contribution in [0.4, 0.5) is 11.8 Å². The zero-order chi connectivity index (χ0) is 14.4. The van der Waals surface area contributed by atoms with Crippen LogP contribution in [0.25, 0.3) is 10.2 Å². The number of hydrogen-bond acceptors (Lipinski definition) is 6. The van der Waals surface area contributed by atoms with Gasteiger partial charge >= 0.3 is 0 Å². The fraction of sp³-hybridized carbons (Fsp3) is 0.462. The van der Waals surface area contributed by atoms with E-state index in [0.717, 1.165) is 23.2 Å². The van der Waals surface area contributed by atoms with Crippen molar-refractivity contribution in [1.82, 2.24) is 15.3 Å². The van der Waals surface area contributed by atoms with Gasteiger partial charge in [-0.15, -0.1) is 11.3 Å². The van der Waals surface area contributed by atoms with Crippen LogP contribution < -0.4 is 16.0 Å². The molecule has 6 nitrogen and oxygen atoms in total. The molecular weight excluding hydrogens is 274 g/mol. The summed E-state index contributed by atoms with van der Waals surface area (Å²) in [6.45, 7) is 5.65. The molecule has 2 heterocycles. The van der Waals surface area contributed by atoms with E-state index in [9.17, 15) is 4.79 Å². The van der Waals surface area contributed by atoms with Crippen LogP contribution in [0, 0.1) is 0 Å². The molecule has 7 heteroatoms. The lowest BCUT2D eigenvalue weighted by molar-refractivity contribution is -0.119. The van der Waals surface area contributed by atoms with Crippen LogP contribution in [0.5, 0.6) is 0 Å². The maximum absolute atomic E-state index is 11.5. The van der Waals surface area contributed by atoms with Gasteiger partial charge in [0.1, 0.15) is 10.6 Å². The Morgan fingerprint density at radius 1 is 1.30 bits per heavy atom. The Kier molecular flexibility index (Phi) is 5.11. The molecule has 0 aliphatic carbocycles. The highest BCUT2D eigenvalue weighted by molar-refractivity contribution is 7.16. The summed E-state index contributed by atoms with van der Waals surface area (Å²) in [6, 6.07) is 1.96. The van der Waals surface area contributed by atoms with Crippen molar-refractivity contribution in [2.45, 2.75) is 20.3 Å². The van der Waals surface area contributed by atoms with Crippen LogP contribution in [0.1, 0.15) is 20.3 Å². The lowest BCUT2D eigenvalue weighted by Gasteiger charge is -2.09. The molecule has 0 saturated carbocycles. The smallest absolute Gasteiger partial charge is 0.239 e. The maximum atomic E-state index is 11.5. The number of carbonyl (C=O) groups excluding carboxylic acids is 1. The second-order valence-electron chi connectivity index (χ2n) is 4.27. The monoisotopic (exact) mass is 293 g/mol. The number of carbonyl (C=O) groups is 1. The van der Waals surface area contributed by atoms with E-state index >= 15 is 0 Å².